The lowest BCUT2D eigenvalue weighted by molar-refractivity contribution is 0.00624. The second-order valence-electron chi connectivity index (χ2n) is 4.85. The van der Waals surface area contributed by atoms with Crippen LogP contribution in [0.5, 0.6) is 0 Å². The van der Waals surface area contributed by atoms with Crippen LogP contribution in [-0.2, 0) is 4.74 Å². The first-order valence-electron chi connectivity index (χ1n) is 6.14. The lowest BCUT2D eigenvalue weighted by Gasteiger charge is -2.45. The summed E-state index contributed by atoms with van der Waals surface area (Å²) >= 11 is 0. The fourth-order valence-electron chi connectivity index (χ4n) is 3.25. The molecule has 1 heterocycles. The molecule has 1 saturated heterocycles. The Bertz CT molecular complexity index is 169. The van der Waals surface area contributed by atoms with E-state index in [1.165, 1.54) is 44.9 Å². The molecule has 2 nitrogen and oxygen atoms in total. The van der Waals surface area contributed by atoms with E-state index >= 15 is 0 Å². The molecule has 0 unspecified atom stereocenters. The Hall–Kier alpha value is -0.0800. The van der Waals surface area contributed by atoms with Crippen LogP contribution in [0, 0.1) is 5.92 Å². The van der Waals surface area contributed by atoms with E-state index in [0.29, 0.717) is 5.54 Å². The monoisotopic (exact) mass is 197 g/mol. The second-order valence-corrected chi connectivity index (χ2v) is 4.85. The molecule has 2 heteroatoms. The van der Waals surface area contributed by atoms with Gasteiger partial charge in [-0.15, -0.1) is 0 Å². The summed E-state index contributed by atoms with van der Waals surface area (Å²) in [4.78, 5) is 0. The molecular formula is C12H23NO. The Balaban J connectivity index is 2.01. The van der Waals surface area contributed by atoms with Crippen molar-refractivity contribution in [3.05, 3.63) is 0 Å². The van der Waals surface area contributed by atoms with Crippen LogP contribution < -0.4 is 5.32 Å². The van der Waals surface area contributed by atoms with Crippen LogP contribution in [0.4, 0.5) is 0 Å². The third-order valence-corrected chi connectivity index (χ3v) is 4.27. The SMILES string of the molecule is CNC1(C2CCCCC2)CCOCC1. The van der Waals surface area contributed by atoms with Crippen LogP contribution in [0.25, 0.3) is 0 Å². The van der Waals surface area contributed by atoms with Crippen molar-refractivity contribution < 1.29 is 4.74 Å². The van der Waals surface area contributed by atoms with Gasteiger partial charge in [-0.25, -0.2) is 0 Å². The van der Waals surface area contributed by atoms with Crippen molar-refractivity contribution in [2.24, 2.45) is 5.92 Å². The normalized spacial score (nSPS) is 28.9. The molecule has 1 aliphatic carbocycles. The van der Waals surface area contributed by atoms with Crippen molar-refractivity contribution in [1.29, 1.82) is 0 Å². The van der Waals surface area contributed by atoms with E-state index < -0.39 is 0 Å². The molecule has 2 aliphatic rings. The molecule has 82 valence electrons. The minimum Gasteiger partial charge on any atom is -0.381 e. The Morgan fingerprint density at radius 1 is 1.07 bits per heavy atom. The first-order chi connectivity index (χ1) is 6.87. The summed E-state index contributed by atoms with van der Waals surface area (Å²) in [5, 5.41) is 3.61. The van der Waals surface area contributed by atoms with E-state index in [0.717, 1.165) is 19.1 Å². The number of rotatable bonds is 2. The van der Waals surface area contributed by atoms with Crippen molar-refractivity contribution in [3.63, 3.8) is 0 Å². The van der Waals surface area contributed by atoms with Crippen molar-refractivity contribution >= 4 is 0 Å². The van der Waals surface area contributed by atoms with Crippen molar-refractivity contribution in [2.75, 3.05) is 20.3 Å². The number of hydrogen-bond acceptors (Lipinski definition) is 2. The number of hydrogen-bond donors (Lipinski definition) is 1. The van der Waals surface area contributed by atoms with E-state index in [4.69, 9.17) is 4.74 Å². The predicted molar refractivity (Wildman–Crippen MR) is 58.4 cm³/mol. The maximum atomic E-state index is 5.48. The van der Waals surface area contributed by atoms with E-state index in [1.54, 1.807) is 0 Å². The summed E-state index contributed by atoms with van der Waals surface area (Å²) < 4.78 is 5.48. The fourth-order valence-corrected chi connectivity index (χ4v) is 3.25. The van der Waals surface area contributed by atoms with Gasteiger partial charge in [0, 0.05) is 18.8 Å². The lowest BCUT2D eigenvalue weighted by atomic mass is 9.71. The summed E-state index contributed by atoms with van der Waals surface area (Å²) in [5.41, 5.74) is 0.415. The largest absolute Gasteiger partial charge is 0.381 e. The molecule has 0 atom stereocenters. The molecule has 1 aliphatic heterocycles. The number of ether oxygens (including phenoxy) is 1. The average molecular weight is 197 g/mol. The van der Waals surface area contributed by atoms with Crippen molar-refractivity contribution in [2.45, 2.75) is 50.5 Å². The first-order valence-corrected chi connectivity index (χ1v) is 6.14. The zero-order valence-corrected chi connectivity index (χ0v) is 9.35. The standard InChI is InChI=1S/C12H23NO/c1-13-12(7-9-14-10-8-12)11-5-3-2-4-6-11/h11,13H,2-10H2,1H3. The van der Waals surface area contributed by atoms with Crippen molar-refractivity contribution in [3.8, 4) is 0 Å². The van der Waals surface area contributed by atoms with Crippen molar-refractivity contribution in [1.82, 2.24) is 5.32 Å². The lowest BCUT2D eigenvalue weighted by Crippen LogP contribution is -2.53. The van der Waals surface area contributed by atoms with Crippen LogP contribution in [0.2, 0.25) is 0 Å². The fraction of sp³-hybridized carbons (Fsp3) is 1.00. The van der Waals surface area contributed by atoms with Gasteiger partial charge in [0.1, 0.15) is 0 Å². The minimum atomic E-state index is 0.415. The van der Waals surface area contributed by atoms with Crippen LogP contribution in [0.15, 0.2) is 0 Å². The summed E-state index contributed by atoms with van der Waals surface area (Å²) in [6.07, 6.45) is 9.63. The van der Waals surface area contributed by atoms with E-state index in [1.807, 2.05) is 0 Å². The Kier molecular flexibility index (Phi) is 3.45. The van der Waals surface area contributed by atoms with Crippen LogP contribution in [0.1, 0.15) is 44.9 Å². The maximum absolute atomic E-state index is 5.48. The van der Waals surface area contributed by atoms with E-state index in [-0.39, 0.29) is 0 Å². The number of nitrogens with one attached hydrogen (secondary N) is 1. The Morgan fingerprint density at radius 3 is 2.29 bits per heavy atom. The van der Waals surface area contributed by atoms with Gasteiger partial charge in [0.25, 0.3) is 0 Å². The molecule has 1 N–H and O–H groups in total. The van der Waals surface area contributed by atoms with Crippen LogP contribution in [-0.4, -0.2) is 25.8 Å². The third kappa shape index (κ3) is 1.96. The van der Waals surface area contributed by atoms with Gasteiger partial charge >= 0.3 is 0 Å². The highest BCUT2D eigenvalue weighted by Crippen LogP contribution is 2.38. The van der Waals surface area contributed by atoms with E-state index in [9.17, 15) is 0 Å². The highest BCUT2D eigenvalue weighted by Gasteiger charge is 2.38. The second kappa shape index (κ2) is 4.63. The predicted octanol–water partition coefficient (Wildman–Crippen LogP) is 2.34. The van der Waals surface area contributed by atoms with Gasteiger partial charge in [-0.1, -0.05) is 19.3 Å². The molecule has 0 aromatic heterocycles. The van der Waals surface area contributed by atoms with Crippen LogP contribution in [0.3, 0.4) is 0 Å². The molecule has 0 amide bonds. The van der Waals surface area contributed by atoms with E-state index in [2.05, 4.69) is 12.4 Å². The maximum Gasteiger partial charge on any atom is 0.0483 e. The van der Waals surface area contributed by atoms with Gasteiger partial charge in [-0.3, -0.25) is 0 Å². The molecule has 14 heavy (non-hydrogen) atoms. The molecule has 2 rings (SSSR count). The highest BCUT2D eigenvalue weighted by molar-refractivity contribution is 4.96. The highest BCUT2D eigenvalue weighted by atomic mass is 16.5. The molecule has 0 aromatic carbocycles. The quantitative estimate of drug-likeness (QED) is 0.733. The smallest absolute Gasteiger partial charge is 0.0483 e. The van der Waals surface area contributed by atoms with Gasteiger partial charge in [-0.2, -0.15) is 0 Å². The zero-order chi connectivity index (χ0) is 9.86. The van der Waals surface area contributed by atoms with Crippen LogP contribution >= 0.6 is 0 Å². The summed E-state index contributed by atoms with van der Waals surface area (Å²) in [7, 11) is 2.14. The minimum absolute atomic E-state index is 0.415. The molecule has 0 radical (unpaired) electrons. The van der Waals surface area contributed by atoms with Gasteiger partial charge in [0.2, 0.25) is 0 Å². The molecule has 0 bridgehead atoms. The van der Waals surface area contributed by atoms with Gasteiger partial charge in [-0.05, 0) is 38.6 Å². The molecule has 1 saturated carbocycles. The van der Waals surface area contributed by atoms with Gasteiger partial charge in [0.05, 0.1) is 0 Å². The van der Waals surface area contributed by atoms with Gasteiger partial charge in [0.15, 0.2) is 0 Å². The zero-order valence-electron chi connectivity index (χ0n) is 9.35. The molecule has 0 spiro atoms. The summed E-state index contributed by atoms with van der Waals surface area (Å²) in [5.74, 6) is 0.908. The molecule has 0 aromatic rings. The first kappa shape index (κ1) is 10.4. The molecule has 2 fully saturated rings. The topological polar surface area (TPSA) is 21.3 Å². The third-order valence-electron chi connectivity index (χ3n) is 4.27. The Labute approximate surface area is 87.4 Å². The average Bonchev–Trinajstić information content (AvgIpc) is 2.31. The van der Waals surface area contributed by atoms with Gasteiger partial charge < -0.3 is 10.1 Å². The Morgan fingerprint density at radius 2 is 1.71 bits per heavy atom. The summed E-state index contributed by atoms with van der Waals surface area (Å²) in [6.45, 7) is 1.91. The summed E-state index contributed by atoms with van der Waals surface area (Å²) in [6, 6.07) is 0. The molecular weight excluding hydrogens is 174 g/mol.